The van der Waals surface area contributed by atoms with E-state index >= 15 is 0 Å². The Bertz CT molecular complexity index is 679. The fourth-order valence-electron chi connectivity index (χ4n) is 3.10. The van der Waals surface area contributed by atoms with Crippen LogP contribution in [0.4, 0.5) is 0 Å². The molecule has 0 unspecified atom stereocenters. The molecule has 1 fully saturated rings. The molecule has 2 aliphatic heterocycles. The summed E-state index contributed by atoms with van der Waals surface area (Å²) in [7, 11) is 0. The molecule has 3 rings (SSSR count). The summed E-state index contributed by atoms with van der Waals surface area (Å²) < 4.78 is 11.1. The standard InChI is InChI=1S/C21H24O5/c22-18-14-17(10-4-8-16-9-5-11-20(23)26-16)25-19(21(18)24)13-12-15-6-2-1-3-7-15/h1-8,11-13,16-19,21-22,24H,9-10,14H2/b8-4+,13-12-/t16-,17-,18+,19-,21+/m0/s1. The topological polar surface area (TPSA) is 76.0 Å². The summed E-state index contributed by atoms with van der Waals surface area (Å²) in [6.07, 6.45) is 9.46. The Morgan fingerprint density at radius 1 is 1.15 bits per heavy atom. The molecule has 2 aliphatic rings. The number of rotatable bonds is 5. The van der Waals surface area contributed by atoms with Crippen molar-refractivity contribution in [2.45, 2.75) is 49.8 Å². The first-order valence-electron chi connectivity index (χ1n) is 8.90. The minimum Gasteiger partial charge on any atom is -0.455 e. The fraction of sp³-hybridized carbons (Fsp3) is 0.381. The zero-order valence-corrected chi connectivity index (χ0v) is 14.5. The Kier molecular flexibility index (Phi) is 6.39. The summed E-state index contributed by atoms with van der Waals surface area (Å²) >= 11 is 0. The molecule has 0 saturated carbocycles. The lowest BCUT2D eigenvalue weighted by Gasteiger charge is -2.35. The van der Waals surface area contributed by atoms with Crippen LogP contribution >= 0.6 is 0 Å². The van der Waals surface area contributed by atoms with Crippen LogP contribution in [-0.2, 0) is 14.3 Å². The third kappa shape index (κ3) is 5.14. The second-order valence-corrected chi connectivity index (χ2v) is 6.56. The largest absolute Gasteiger partial charge is 0.455 e. The summed E-state index contributed by atoms with van der Waals surface area (Å²) in [5.74, 6) is -0.329. The maximum Gasteiger partial charge on any atom is 0.331 e. The Morgan fingerprint density at radius 3 is 2.73 bits per heavy atom. The van der Waals surface area contributed by atoms with E-state index in [0.717, 1.165) is 5.56 Å². The van der Waals surface area contributed by atoms with Crippen molar-refractivity contribution in [2.24, 2.45) is 0 Å². The van der Waals surface area contributed by atoms with Crippen molar-refractivity contribution in [1.82, 2.24) is 0 Å². The molecule has 0 spiro atoms. The van der Waals surface area contributed by atoms with Crippen LogP contribution in [-0.4, -0.2) is 46.7 Å². The van der Waals surface area contributed by atoms with Gasteiger partial charge in [0.1, 0.15) is 18.3 Å². The fourth-order valence-corrected chi connectivity index (χ4v) is 3.10. The molecular formula is C21H24O5. The first kappa shape index (κ1) is 18.6. The SMILES string of the molecule is O=C1C=CC[C@H](/C=C/C[C@H]2C[C@@H](O)[C@@H](O)[C@H](/C=C\c3ccccc3)O2)O1. The number of hydrogen-bond donors (Lipinski definition) is 2. The second-order valence-electron chi connectivity index (χ2n) is 6.56. The Labute approximate surface area is 153 Å². The van der Waals surface area contributed by atoms with Gasteiger partial charge in [0.05, 0.1) is 12.2 Å². The normalized spacial score (nSPS) is 32.2. The number of esters is 1. The summed E-state index contributed by atoms with van der Waals surface area (Å²) in [5, 5.41) is 20.3. The summed E-state index contributed by atoms with van der Waals surface area (Å²) in [4.78, 5) is 11.2. The van der Waals surface area contributed by atoms with E-state index in [4.69, 9.17) is 9.47 Å². The van der Waals surface area contributed by atoms with Gasteiger partial charge in [-0.3, -0.25) is 0 Å². The number of ether oxygens (including phenoxy) is 2. The lowest BCUT2D eigenvalue weighted by molar-refractivity contribution is -0.149. The molecule has 0 aliphatic carbocycles. The first-order valence-corrected chi connectivity index (χ1v) is 8.90. The second kappa shape index (κ2) is 8.94. The highest BCUT2D eigenvalue weighted by atomic mass is 16.5. The zero-order valence-electron chi connectivity index (χ0n) is 14.5. The van der Waals surface area contributed by atoms with Crippen molar-refractivity contribution >= 4 is 12.0 Å². The van der Waals surface area contributed by atoms with Gasteiger partial charge in [0, 0.05) is 18.9 Å². The molecule has 2 heterocycles. The van der Waals surface area contributed by atoms with E-state index in [1.54, 1.807) is 12.2 Å². The van der Waals surface area contributed by atoms with Crippen molar-refractivity contribution in [2.75, 3.05) is 0 Å². The van der Waals surface area contributed by atoms with E-state index in [0.29, 0.717) is 19.3 Å². The molecule has 5 atom stereocenters. The summed E-state index contributed by atoms with van der Waals surface area (Å²) in [6, 6.07) is 9.74. The minimum absolute atomic E-state index is 0.204. The number of benzene rings is 1. The average Bonchev–Trinajstić information content (AvgIpc) is 2.64. The monoisotopic (exact) mass is 356 g/mol. The lowest BCUT2D eigenvalue weighted by atomic mass is 9.95. The number of aliphatic hydroxyl groups excluding tert-OH is 2. The summed E-state index contributed by atoms with van der Waals surface area (Å²) in [6.45, 7) is 0. The van der Waals surface area contributed by atoms with Gasteiger partial charge in [-0.25, -0.2) is 4.79 Å². The number of carbonyl (C=O) groups excluding carboxylic acids is 1. The van der Waals surface area contributed by atoms with E-state index in [-0.39, 0.29) is 18.2 Å². The highest BCUT2D eigenvalue weighted by Gasteiger charge is 2.34. The Hall–Kier alpha value is -2.21. The van der Waals surface area contributed by atoms with Gasteiger partial charge in [0.15, 0.2) is 0 Å². The third-order valence-corrected chi connectivity index (χ3v) is 4.50. The van der Waals surface area contributed by atoms with Crippen molar-refractivity contribution in [3.05, 3.63) is 66.3 Å². The van der Waals surface area contributed by atoms with E-state index in [1.807, 2.05) is 48.6 Å². The van der Waals surface area contributed by atoms with Gasteiger partial charge >= 0.3 is 5.97 Å². The van der Waals surface area contributed by atoms with Crippen LogP contribution in [0.5, 0.6) is 0 Å². The van der Waals surface area contributed by atoms with E-state index in [9.17, 15) is 15.0 Å². The number of carbonyl (C=O) groups is 1. The molecule has 1 saturated heterocycles. The molecule has 138 valence electrons. The minimum atomic E-state index is -0.945. The van der Waals surface area contributed by atoms with Gasteiger partial charge in [0.25, 0.3) is 0 Å². The van der Waals surface area contributed by atoms with Crippen LogP contribution in [0.25, 0.3) is 6.08 Å². The number of aliphatic hydroxyl groups is 2. The maximum atomic E-state index is 11.2. The predicted octanol–water partition coefficient (Wildman–Crippen LogP) is 2.40. The van der Waals surface area contributed by atoms with Crippen molar-refractivity contribution < 1.29 is 24.5 Å². The average molecular weight is 356 g/mol. The number of cyclic esters (lactones) is 1. The van der Waals surface area contributed by atoms with Gasteiger partial charge in [-0.1, -0.05) is 54.6 Å². The lowest BCUT2D eigenvalue weighted by Crippen LogP contribution is -2.47. The molecule has 2 N–H and O–H groups in total. The van der Waals surface area contributed by atoms with Crippen LogP contribution in [0.15, 0.2) is 60.7 Å². The quantitative estimate of drug-likeness (QED) is 0.626. The zero-order chi connectivity index (χ0) is 18.4. The van der Waals surface area contributed by atoms with E-state index in [1.165, 1.54) is 6.08 Å². The van der Waals surface area contributed by atoms with Crippen LogP contribution in [0.3, 0.4) is 0 Å². The predicted molar refractivity (Wildman–Crippen MR) is 98.2 cm³/mol. The van der Waals surface area contributed by atoms with Gasteiger partial charge in [-0.05, 0) is 18.1 Å². The van der Waals surface area contributed by atoms with Crippen LogP contribution in [0, 0.1) is 0 Å². The Morgan fingerprint density at radius 2 is 1.96 bits per heavy atom. The van der Waals surface area contributed by atoms with Crippen molar-refractivity contribution in [3.8, 4) is 0 Å². The van der Waals surface area contributed by atoms with Gasteiger partial charge < -0.3 is 19.7 Å². The highest BCUT2D eigenvalue weighted by molar-refractivity contribution is 5.82. The van der Waals surface area contributed by atoms with E-state index < -0.39 is 18.3 Å². The maximum absolute atomic E-state index is 11.2. The Balaban J connectivity index is 1.56. The van der Waals surface area contributed by atoms with Crippen LogP contribution < -0.4 is 0 Å². The molecular weight excluding hydrogens is 332 g/mol. The molecule has 26 heavy (non-hydrogen) atoms. The molecule has 0 bridgehead atoms. The first-order chi connectivity index (χ1) is 12.6. The summed E-state index contributed by atoms with van der Waals surface area (Å²) in [5.41, 5.74) is 1.01. The van der Waals surface area contributed by atoms with Gasteiger partial charge in [-0.15, -0.1) is 0 Å². The molecule has 5 heteroatoms. The van der Waals surface area contributed by atoms with Gasteiger partial charge in [0.2, 0.25) is 0 Å². The van der Waals surface area contributed by atoms with Crippen LogP contribution in [0.1, 0.15) is 24.8 Å². The molecule has 0 radical (unpaired) electrons. The van der Waals surface area contributed by atoms with Gasteiger partial charge in [-0.2, -0.15) is 0 Å². The molecule has 1 aromatic rings. The molecule has 1 aromatic carbocycles. The smallest absolute Gasteiger partial charge is 0.331 e. The molecule has 0 aromatic heterocycles. The molecule has 5 nitrogen and oxygen atoms in total. The van der Waals surface area contributed by atoms with Crippen molar-refractivity contribution in [1.29, 1.82) is 0 Å². The molecule has 0 amide bonds. The third-order valence-electron chi connectivity index (χ3n) is 4.50. The number of hydrogen-bond acceptors (Lipinski definition) is 5. The van der Waals surface area contributed by atoms with Crippen molar-refractivity contribution in [3.63, 3.8) is 0 Å². The highest BCUT2D eigenvalue weighted by Crippen LogP contribution is 2.24. The van der Waals surface area contributed by atoms with E-state index in [2.05, 4.69) is 0 Å². The van der Waals surface area contributed by atoms with Crippen LogP contribution in [0.2, 0.25) is 0 Å².